The molecule has 0 radical (unpaired) electrons. The van der Waals surface area contributed by atoms with Gasteiger partial charge in [-0.15, -0.1) is 0 Å². The number of nitrogens with zero attached hydrogens (tertiary/aromatic N) is 2. The lowest BCUT2D eigenvalue weighted by atomic mass is 9.99. The summed E-state index contributed by atoms with van der Waals surface area (Å²) in [4.78, 5) is 30.0. The van der Waals surface area contributed by atoms with Crippen molar-refractivity contribution in [2.45, 2.75) is 26.0 Å². The summed E-state index contributed by atoms with van der Waals surface area (Å²) in [7, 11) is 3.91. The van der Waals surface area contributed by atoms with Gasteiger partial charge in [0.2, 0.25) is 6.79 Å². The number of likely N-dealkylation sites (N-methyl/N-ethyl adjacent to an activating group) is 1. The Labute approximate surface area is 204 Å². The monoisotopic (exact) mass is 484 g/mol. The molecule has 0 spiro atoms. The maximum Gasteiger partial charge on any atom is 0.323 e. The molecule has 3 N–H and O–H groups in total. The first-order valence-corrected chi connectivity index (χ1v) is 11.6. The molecule has 2 aromatic carbocycles. The maximum absolute atomic E-state index is 13.5. The highest BCUT2D eigenvalue weighted by molar-refractivity contribution is 6.04. The third-order valence-corrected chi connectivity index (χ3v) is 6.11. The molecule has 0 fully saturated rings. The quantitative estimate of drug-likeness (QED) is 0.578. The first-order chi connectivity index (χ1) is 16.8. The molecule has 0 bridgehead atoms. The number of anilines is 2. The molecule has 3 amide bonds. The van der Waals surface area contributed by atoms with E-state index in [-0.39, 0.29) is 37.4 Å². The van der Waals surface area contributed by atoms with E-state index in [1.165, 1.54) is 0 Å². The minimum Gasteiger partial charge on any atom is -0.486 e. The van der Waals surface area contributed by atoms with Gasteiger partial charge in [-0.3, -0.25) is 4.79 Å². The van der Waals surface area contributed by atoms with Crippen LogP contribution in [0.25, 0.3) is 0 Å². The zero-order valence-corrected chi connectivity index (χ0v) is 20.4. The van der Waals surface area contributed by atoms with Crippen LogP contribution in [0.3, 0.4) is 0 Å². The van der Waals surface area contributed by atoms with Gasteiger partial charge in [-0.05, 0) is 45.3 Å². The largest absolute Gasteiger partial charge is 0.486 e. The third kappa shape index (κ3) is 5.44. The number of nitrogens with one attached hydrogen (secondary N) is 2. The number of fused-ring (bicyclic) bond motifs is 2. The van der Waals surface area contributed by atoms with E-state index in [9.17, 15) is 14.7 Å². The second-order valence-electron chi connectivity index (χ2n) is 9.21. The Morgan fingerprint density at radius 3 is 2.71 bits per heavy atom. The van der Waals surface area contributed by atoms with E-state index in [0.29, 0.717) is 47.3 Å². The molecule has 2 aliphatic rings. The van der Waals surface area contributed by atoms with Crippen molar-refractivity contribution < 1.29 is 28.9 Å². The van der Waals surface area contributed by atoms with Crippen molar-refractivity contribution >= 4 is 23.3 Å². The number of urea groups is 1. The summed E-state index contributed by atoms with van der Waals surface area (Å²) in [6.07, 6.45) is -0.245. The van der Waals surface area contributed by atoms with E-state index >= 15 is 0 Å². The fraction of sp³-hybridized carbons (Fsp3) is 0.440. The molecule has 188 valence electrons. The lowest BCUT2D eigenvalue weighted by Gasteiger charge is -2.38. The van der Waals surface area contributed by atoms with Gasteiger partial charge < -0.3 is 39.8 Å². The second-order valence-corrected chi connectivity index (χ2v) is 9.21. The second kappa shape index (κ2) is 10.4. The first kappa shape index (κ1) is 24.6. The molecule has 10 heteroatoms. The summed E-state index contributed by atoms with van der Waals surface area (Å²) in [5.41, 5.74) is 1.25. The van der Waals surface area contributed by atoms with Crippen molar-refractivity contribution in [3.8, 4) is 17.2 Å². The molecule has 3 atom stereocenters. The number of ether oxygens (including phenoxy) is 3. The fourth-order valence-corrected chi connectivity index (χ4v) is 4.18. The van der Waals surface area contributed by atoms with E-state index in [2.05, 4.69) is 10.6 Å². The number of carbonyl (C=O) groups excluding carboxylic acids is 2. The highest BCUT2D eigenvalue weighted by Crippen LogP contribution is 2.36. The Morgan fingerprint density at radius 1 is 1.20 bits per heavy atom. The molecule has 2 aliphatic heterocycles. The van der Waals surface area contributed by atoms with Crippen LogP contribution in [-0.4, -0.2) is 79.6 Å². The lowest BCUT2D eigenvalue weighted by molar-refractivity contribution is 0.0365. The molecular formula is C25H32N4O6. The average Bonchev–Trinajstić information content (AvgIpc) is 3.29. The van der Waals surface area contributed by atoms with E-state index in [4.69, 9.17) is 14.2 Å². The zero-order chi connectivity index (χ0) is 25.1. The Hall–Kier alpha value is -3.50. The normalized spacial score (nSPS) is 19.9. The molecule has 2 heterocycles. The Bertz CT molecular complexity index is 1090. The lowest BCUT2D eigenvalue weighted by Crippen LogP contribution is -2.49. The van der Waals surface area contributed by atoms with Gasteiger partial charge >= 0.3 is 6.03 Å². The van der Waals surface area contributed by atoms with Gasteiger partial charge in [0, 0.05) is 30.8 Å². The molecule has 0 aromatic heterocycles. The van der Waals surface area contributed by atoms with Crippen LogP contribution in [0.2, 0.25) is 0 Å². The molecule has 10 nitrogen and oxygen atoms in total. The maximum atomic E-state index is 13.5. The van der Waals surface area contributed by atoms with Gasteiger partial charge in [0.1, 0.15) is 6.10 Å². The van der Waals surface area contributed by atoms with Crippen LogP contribution in [0.4, 0.5) is 16.2 Å². The topological polar surface area (TPSA) is 113 Å². The average molecular weight is 485 g/mol. The van der Waals surface area contributed by atoms with Crippen molar-refractivity contribution in [2.24, 2.45) is 5.92 Å². The van der Waals surface area contributed by atoms with Crippen molar-refractivity contribution in [3.05, 3.63) is 42.0 Å². The Morgan fingerprint density at radius 2 is 1.97 bits per heavy atom. The van der Waals surface area contributed by atoms with E-state index in [1.54, 1.807) is 41.3 Å². The molecule has 0 saturated carbocycles. The van der Waals surface area contributed by atoms with Crippen LogP contribution >= 0.6 is 0 Å². The third-order valence-electron chi connectivity index (χ3n) is 6.11. The van der Waals surface area contributed by atoms with Gasteiger partial charge in [-0.1, -0.05) is 13.0 Å². The van der Waals surface area contributed by atoms with E-state index in [0.717, 1.165) is 0 Å². The molecule has 0 saturated heterocycles. The summed E-state index contributed by atoms with van der Waals surface area (Å²) in [6, 6.07) is 9.34. The number of para-hydroxylation sites is 1. The predicted octanol–water partition coefficient (Wildman–Crippen LogP) is 2.84. The van der Waals surface area contributed by atoms with E-state index < -0.39 is 6.03 Å². The molecule has 0 unspecified atom stereocenters. The number of hydrogen-bond acceptors (Lipinski definition) is 7. The predicted molar refractivity (Wildman–Crippen MR) is 131 cm³/mol. The van der Waals surface area contributed by atoms with Gasteiger partial charge in [0.15, 0.2) is 17.2 Å². The van der Waals surface area contributed by atoms with Crippen molar-refractivity contribution in [3.63, 3.8) is 0 Å². The number of carbonyl (C=O) groups is 2. The number of benzene rings is 2. The van der Waals surface area contributed by atoms with Crippen molar-refractivity contribution in [2.75, 3.05) is 51.2 Å². The van der Waals surface area contributed by atoms with Crippen molar-refractivity contribution in [1.82, 2.24) is 9.80 Å². The van der Waals surface area contributed by atoms with Crippen LogP contribution in [0.5, 0.6) is 17.2 Å². The standard InChI is InChI=1S/C25H32N4O6/c1-15-11-29(16(2)13-30)24(31)18-6-5-7-19(23(18)35-22(15)12-28(3)4)27-25(32)26-17-8-9-20-21(10-17)34-14-33-20/h5-10,15-16,22,30H,11-14H2,1-4H3,(H2,26,27,32)/t15-,16-,22+/m1/s1. The minimum atomic E-state index is -0.492. The van der Waals surface area contributed by atoms with Crippen LogP contribution in [0.1, 0.15) is 24.2 Å². The summed E-state index contributed by atoms with van der Waals surface area (Å²) in [5, 5.41) is 15.4. The van der Waals surface area contributed by atoms with Gasteiger partial charge in [0.25, 0.3) is 5.91 Å². The highest BCUT2D eigenvalue weighted by Gasteiger charge is 2.34. The van der Waals surface area contributed by atoms with Crippen LogP contribution < -0.4 is 24.8 Å². The zero-order valence-electron chi connectivity index (χ0n) is 20.4. The molecule has 4 rings (SSSR count). The number of aliphatic hydroxyl groups excluding tert-OH is 1. The number of amides is 3. The highest BCUT2D eigenvalue weighted by atomic mass is 16.7. The van der Waals surface area contributed by atoms with Gasteiger partial charge in [-0.2, -0.15) is 0 Å². The first-order valence-electron chi connectivity index (χ1n) is 11.6. The van der Waals surface area contributed by atoms with Gasteiger partial charge in [-0.25, -0.2) is 4.79 Å². The number of rotatable bonds is 6. The van der Waals surface area contributed by atoms with Crippen LogP contribution in [0, 0.1) is 5.92 Å². The Kier molecular flexibility index (Phi) is 7.32. The van der Waals surface area contributed by atoms with Crippen molar-refractivity contribution in [1.29, 1.82) is 0 Å². The Balaban J connectivity index is 1.63. The molecule has 35 heavy (non-hydrogen) atoms. The van der Waals surface area contributed by atoms with Gasteiger partial charge in [0.05, 0.1) is 23.9 Å². The number of hydrogen-bond donors (Lipinski definition) is 3. The summed E-state index contributed by atoms with van der Waals surface area (Å²) in [5.74, 6) is 1.22. The minimum absolute atomic E-state index is 0.0148. The molecular weight excluding hydrogens is 452 g/mol. The summed E-state index contributed by atoms with van der Waals surface area (Å²) >= 11 is 0. The van der Waals surface area contributed by atoms with Crippen LogP contribution in [0.15, 0.2) is 36.4 Å². The number of aliphatic hydroxyl groups is 1. The smallest absolute Gasteiger partial charge is 0.323 e. The molecule has 2 aromatic rings. The summed E-state index contributed by atoms with van der Waals surface area (Å²) < 4.78 is 17.1. The fourth-order valence-electron chi connectivity index (χ4n) is 4.18. The van der Waals surface area contributed by atoms with E-state index in [1.807, 2.05) is 32.8 Å². The SMILES string of the molecule is C[C@@H]1CN([C@H](C)CO)C(=O)c2cccc(NC(=O)Nc3ccc4c(c3)OCO4)c2O[C@H]1CN(C)C. The van der Waals surface area contributed by atoms with Crippen LogP contribution in [-0.2, 0) is 0 Å². The molecule has 0 aliphatic carbocycles. The summed E-state index contributed by atoms with van der Waals surface area (Å²) in [6.45, 7) is 4.89.